The highest BCUT2D eigenvalue weighted by Gasteiger charge is 2.17. The van der Waals surface area contributed by atoms with Crippen molar-refractivity contribution in [3.8, 4) is 0 Å². The van der Waals surface area contributed by atoms with Crippen molar-refractivity contribution in [1.29, 1.82) is 0 Å². The zero-order valence-corrected chi connectivity index (χ0v) is 12.2. The number of aromatic amines is 1. The zero-order valence-electron chi connectivity index (χ0n) is 12.2. The second kappa shape index (κ2) is 5.89. The van der Waals surface area contributed by atoms with Gasteiger partial charge in [0.25, 0.3) is 0 Å². The molecule has 0 spiro atoms. The number of carbonyl (C=O) groups excluding carboxylic acids is 2. The van der Waals surface area contributed by atoms with Crippen molar-refractivity contribution >= 4 is 22.7 Å². The molecule has 3 rings (SSSR count). The molecule has 2 heterocycles. The Morgan fingerprint density at radius 1 is 1.18 bits per heavy atom. The highest BCUT2D eigenvalue weighted by molar-refractivity contribution is 6.05. The number of para-hydroxylation sites is 1. The molecule has 5 heteroatoms. The first-order chi connectivity index (χ1) is 10.7. The summed E-state index contributed by atoms with van der Waals surface area (Å²) in [7, 11) is 0. The average molecular weight is 296 g/mol. The van der Waals surface area contributed by atoms with E-state index in [2.05, 4.69) is 4.98 Å². The van der Waals surface area contributed by atoms with E-state index in [0.717, 1.165) is 17.4 Å². The second-order valence-electron chi connectivity index (χ2n) is 4.93. The largest absolute Gasteiger partial charge is 0.454 e. The molecule has 0 fully saturated rings. The quantitative estimate of drug-likeness (QED) is 0.581. The predicted octanol–water partition coefficient (Wildman–Crippen LogP) is 3.03. The predicted molar refractivity (Wildman–Crippen MR) is 83.0 cm³/mol. The van der Waals surface area contributed by atoms with E-state index >= 15 is 0 Å². The first-order valence-electron chi connectivity index (χ1n) is 7.12. The normalized spacial score (nSPS) is 10.8. The standard InChI is InChI=1S/C17H16N2O3/c1-2-19-10-13(12-6-3-4-8-15(12)19)17(21)22-11-16(20)14-7-5-9-18-14/h3-10,18H,2,11H2,1H3. The Hall–Kier alpha value is -2.82. The third-order valence-corrected chi connectivity index (χ3v) is 3.58. The van der Waals surface area contributed by atoms with E-state index in [9.17, 15) is 9.59 Å². The highest BCUT2D eigenvalue weighted by atomic mass is 16.5. The first-order valence-corrected chi connectivity index (χ1v) is 7.12. The van der Waals surface area contributed by atoms with Gasteiger partial charge in [0.15, 0.2) is 6.61 Å². The molecule has 0 amide bonds. The highest BCUT2D eigenvalue weighted by Crippen LogP contribution is 2.22. The average Bonchev–Trinajstić information content (AvgIpc) is 3.19. The van der Waals surface area contributed by atoms with Crippen LogP contribution in [-0.2, 0) is 11.3 Å². The molecular formula is C17H16N2O3. The summed E-state index contributed by atoms with van der Waals surface area (Å²) in [6, 6.07) is 11.0. The van der Waals surface area contributed by atoms with E-state index < -0.39 is 5.97 Å². The fraction of sp³-hybridized carbons (Fsp3) is 0.176. The van der Waals surface area contributed by atoms with Gasteiger partial charge in [-0.1, -0.05) is 18.2 Å². The summed E-state index contributed by atoms with van der Waals surface area (Å²) < 4.78 is 7.14. The fourth-order valence-corrected chi connectivity index (χ4v) is 2.46. The summed E-state index contributed by atoms with van der Waals surface area (Å²) >= 11 is 0. The van der Waals surface area contributed by atoms with Gasteiger partial charge in [0.2, 0.25) is 5.78 Å². The topological polar surface area (TPSA) is 64.1 Å². The summed E-state index contributed by atoms with van der Waals surface area (Å²) in [6.07, 6.45) is 3.43. The van der Waals surface area contributed by atoms with E-state index in [4.69, 9.17) is 4.74 Å². The van der Waals surface area contributed by atoms with Gasteiger partial charge in [0.1, 0.15) is 0 Å². The number of hydrogen-bond acceptors (Lipinski definition) is 3. The Balaban J connectivity index is 1.79. The summed E-state index contributed by atoms with van der Waals surface area (Å²) in [4.78, 5) is 26.9. The van der Waals surface area contributed by atoms with Crippen molar-refractivity contribution in [2.24, 2.45) is 0 Å². The molecule has 3 aromatic rings. The summed E-state index contributed by atoms with van der Waals surface area (Å²) in [5, 5.41) is 0.835. The number of carbonyl (C=O) groups is 2. The Morgan fingerprint density at radius 3 is 2.73 bits per heavy atom. The number of fused-ring (bicyclic) bond motifs is 1. The van der Waals surface area contributed by atoms with Crippen molar-refractivity contribution in [2.45, 2.75) is 13.5 Å². The van der Waals surface area contributed by atoms with Crippen molar-refractivity contribution in [1.82, 2.24) is 9.55 Å². The number of nitrogens with one attached hydrogen (secondary N) is 1. The number of esters is 1. The molecule has 1 aromatic carbocycles. The molecule has 112 valence electrons. The SMILES string of the molecule is CCn1cc(C(=O)OCC(=O)c2ccc[nH]2)c2ccccc21. The van der Waals surface area contributed by atoms with Crippen LogP contribution in [0.5, 0.6) is 0 Å². The number of benzene rings is 1. The second-order valence-corrected chi connectivity index (χ2v) is 4.93. The van der Waals surface area contributed by atoms with E-state index in [1.54, 1.807) is 24.5 Å². The van der Waals surface area contributed by atoms with Gasteiger partial charge in [-0.05, 0) is 25.1 Å². The maximum atomic E-state index is 12.3. The Kier molecular flexibility index (Phi) is 3.78. The fourth-order valence-electron chi connectivity index (χ4n) is 2.46. The van der Waals surface area contributed by atoms with E-state index in [1.165, 1.54) is 0 Å². The number of aromatic nitrogens is 2. The Bertz CT molecular complexity index is 816. The third kappa shape index (κ3) is 2.53. The molecule has 2 aromatic heterocycles. The lowest BCUT2D eigenvalue weighted by Gasteiger charge is -2.02. The van der Waals surface area contributed by atoms with Crippen molar-refractivity contribution < 1.29 is 14.3 Å². The molecule has 0 aliphatic rings. The number of nitrogens with zero attached hydrogens (tertiary/aromatic N) is 1. The van der Waals surface area contributed by atoms with Gasteiger partial charge in [-0.25, -0.2) is 4.79 Å². The number of ketones is 1. The molecule has 0 radical (unpaired) electrons. The van der Waals surface area contributed by atoms with Gasteiger partial charge in [0, 0.05) is 29.8 Å². The van der Waals surface area contributed by atoms with Crippen molar-refractivity contribution in [3.05, 3.63) is 60.0 Å². The number of Topliss-reactive ketones (excluding diaryl/α,β-unsaturated/α-hetero) is 1. The minimum atomic E-state index is -0.483. The monoisotopic (exact) mass is 296 g/mol. The van der Waals surface area contributed by atoms with Crippen LogP contribution in [-0.4, -0.2) is 27.9 Å². The number of hydrogen-bond donors (Lipinski definition) is 1. The summed E-state index contributed by atoms with van der Waals surface area (Å²) in [5.41, 5.74) is 1.90. The molecule has 0 unspecified atom stereocenters. The van der Waals surface area contributed by atoms with Crippen LogP contribution in [0.25, 0.3) is 10.9 Å². The van der Waals surface area contributed by atoms with Crippen molar-refractivity contribution in [2.75, 3.05) is 6.61 Å². The van der Waals surface area contributed by atoms with Crippen LogP contribution in [0.4, 0.5) is 0 Å². The maximum absolute atomic E-state index is 12.3. The minimum absolute atomic E-state index is 0.252. The van der Waals surface area contributed by atoms with Gasteiger partial charge in [-0.2, -0.15) is 0 Å². The molecule has 22 heavy (non-hydrogen) atoms. The van der Waals surface area contributed by atoms with Crippen LogP contribution in [0, 0.1) is 0 Å². The van der Waals surface area contributed by atoms with Crippen LogP contribution in [0.3, 0.4) is 0 Å². The van der Waals surface area contributed by atoms with E-state index in [-0.39, 0.29) is 12.4 Å². The molecule has 5 nitrogen and oxygen atoms in total. The van der Waals surface area contributed by atoms with E-state index in [1.807, 2.05) is 35.8 Å². The van der Waals surface area contributed by atoms with Crippen LogP contribution >= 0.6 is 0 Å². The smallest absolute Gasteiger partial charge is 0.340 e. The van der Waals surface area contributed by atoms with E-state index in [0.29, 0.717) is 11.3 Å². The van der Waals surface area contributed by atoms with Crippen LogP contribution in [0.2, 0.25) is 0 Å². The van der Waals surface area contributed by atoms with Crippen LogP contribution in [0.1, 0.15) is 27.8 Å². The number of aryl methyl sites for hydroxylation is 1. The molecule has 0 atom stereocenters. The number of ether oxygens (including phenoxy) is 1. The van der Waals surface area contributed by atoms with Crippen LogP contribution in [0.15, 0.2) is 48.8 Å². The molecule has 0 aliphatic carbocycles. The van der Waals surface area contributed by atoms with Gasteiger partial charge in [-0.3, -0.25) is 4.79 Å². The Morgan fingerprint density at radius 2 is 2.00 bits per heavy atom. The molecule has 0 aliphatic heterocycles. The molecule has 0 bridgehead atoms. The van der Waals surface area contributed by atoms with Gasteiger partial charge in [-0.15, -0.1) is 0 Å². The van der Waals surface area contributed by atoms with Gasteiger partial charge >= 0.3 is 5.97 Å². The minimum Gasteiger partial charge on any atom is -0.454 e. The lowest BCUT2D eigenvalue weighted by molar-refractivity contribution is 0.0475. The van der Waals surface area contributed by atoms with Crippen molar-refractivity contribution in [3.63, 3.8) is 0 Å². The van der Waals surface area contributed by atoms with Gasteiger partial charge < -0.3 is 14.3 Å². The molecule has 1 N–H and O–H groups in total. The first kappa shape index (κ1) is 14.1. The van der Waals surface area contributed by atoms with Gasteiger partial charge in [0.05, 0.1) is 11.3 Å². The lowest BCUT2D eigenvalue weighted by Crippen LogP contribution is -2.14. The van der Waals surface area contributed by atoms with Crippen LogP contribution < -0.4 is 0 Å². The molecular weight excluding hydrogens is 280 g/mol. The zero-order chi connectivity index (χ0) is 15.5. The number of H-pyrrole nitrogens is 1. The summed E-state index contributed by atoms with van der Waals surface area (Å²) in [5.74, 6) is -0.735. The molecule has 0 saturated carbocycles. The third-order valence-electron chi connectivity index (χ3n) is 3.58. The number of rotatable bonds is 5. The Labute approximate surface area is 127 Å². The molecule has 0 saturated heterocycles. The lowest BCUT2D eigenvalue weighted by atomic mass is 10.2. The summed E-state index contributed by atoms with van der Waals surface area (Å²) in [6.45, 7) is 2.50. The maximum Gasteiger partial charge on any atom is 0.340 e.